The van der Waals surface area contributed by atoms with Crippen LogP contribution in [0.15, 0.2) is 71.5 Å². The lowest BCUT2D eigenvalue weighted by molar-refractivity contribution is 0.0827. The van der Waals surface area contributed by atoms with Gasteiger partial charge in [0.05, 0.1) is 23.0 Å². The van der Waals surface area contributed by atoms with E-state index in [4.69, 9.17) is 0 Å². The summed E-state index contributed by atoms with van der Waals surface area (Å²) in [5.74, 6) is -0.302. The molecule has 7 heteroatoms. The molecule has 4 aromatic rings. The summed E-state index contributed by atoms with van der Waals surface area (Å²) in [4.78, 5) is 37.5. The average molecular weight is 438 g/mol. The van der Waals surface area contributed by atoms with Crippen LogP contribution >= 0.6 is 0 Å². The Morgan fingerprint density at radius 2 is 1.67 bits per heavy atom. The molecule has 0 saturated heterocycles. The third-order valence-electron chi connectivity index (χ3n) is 6.14. The van der Waals surface area contributed by atoms with E-state index in [1.54, 1.807) is 32.3 Å². The van der Waals surface area contributed by atoms with E-state index in [1.807, 2.05) is 48.5 Å². The number of hydrogen-bond acceptors (Lipinski definition) is 5. The average Bonchev–Trinajstić information content (AvgIpc) is 2.85. The molecule has 0 saturated carbocycles. The van der Waals surface area contributed by atoms with Crippen LogP contribution in [-0.2, 0) is 0 Å². The lowest BCUT2D eigenvalue weighted by Gasteiger charge is -2.34. The van der Waals surface area contributed by atoms with Crippen molar-refractivity contribution in [2.24, 2.45) is 0 Å². The highest BCUT2D eigenvalue weighted by atomic mass is 16.2. The first-order valence-electron chi connectivity index (χ1n) is 10.6. The largest absolute Gasteiger partial charge is 0.377 e. The summed E-state index contributed by atoms with van der Waals surface area (Å²) in [7, 11) is 3.44. The van der Waals surface area contributed by atoms with Crippen molar-refractivity contribution < 1.29 is 9.59 Å². The SMILES string of the molecule is CN(C)C(=O)c1ccc(C2c3n[nH]c(=O)c4cccc(c34)NC2c2ccc(C=O)cc2)cc1. The Balaban J connectivity index is 1.69. The van der Waals surface area contributed by atoms with Gasteiger partial charge in [0.2, 0.25) is 0 Å². The number of nitrogens with one attached hydrogen (secondary N) is 2. The zero-order chi connectivity index (χ0) is 23.1. The van der Waals surface area contributed by atoms with E-state index in [0.717, 1.165) is 34.2 Å². The fraction of sp³-hybridized carbons (Fsp3) is 0.154. The van der Waals surface area contributed by atoms with Crippen LogP contribution in [0.5, 0.6) is 0 Å². The minimum Gasteiger partial charge on any atom is -0.377 e. The van der Waals surface area contributed by atoms with E-state index in [-0.39, 0.29) is 23.4 Å². The van der Waals surface area contributed by atoms with Gasteiger partial charge in [-0.2, -0.15) is 5.10 Å². The number of aldehydes is 1. The van der Waals surface area contributed by atoms with Crippen LogP contribution in [0, 0.1) is 0 Å². The smallest absolute Gasteiger partial charge is 0.272 e. The third-order valence-corrected chi connectivity index (χ3v) is 6.14. The Hall–Kier alpha value is -4.26. The van der Waals surface area contributed by atoms with Gasteiger partial charge < -0.3 is 10.2 Å². The van der Waals surface area contributed by atoms with Crippen LogP contribution in [0.1, 0.15) is 49.5 Å². The topological polar surface area (TPSA) is 95.2 Å². The molecule has 0 aliphatic carbocycles. The van der Waals surface area contributed by atoms with Gasteiger partial charge in [-0.05, 0) is 35.4 Å². The molecule has 2 N–H and O–H groups in total. The summed E-state index contributed by atoms with van der Waals surface area (Å²) >= 11 is 0. The number of rotatable bonds is 4. The first kappa shape index (κ1) is 20.6. The maximum atomic E-state index is 12.5. The maximum absolute atomic E-state index is 12.5. The number of benzene rings is 3. The summed E-state index contributed by atoms with van der Waals surface area (Å²) in [6.45, 7) is 0. The normalized spacial score (nSPS) is 16.8. The van der Waals surface area contributed by atoms with Crippen molar-refractivity contribution in [3.63, 3.8) is 0 Å². The standard InChI is InChI=1S/C26H22N4O3/c1-30(2)26(33)18-12-10-16(11-13-18)21-23(17-8-6-15(14-31)7-9-17)27-20-5-3-4-19-22(20)24(21)28-29-25(19)32/h3-14,21,23,27H,1-2H3,(H,29,32). The van der Waals surface area contributed by atoms with Crippen molar-refractivity contribution in [2.75, 3.05) is 19.4 Å². The predicted octanol–water partition coefficient (Wildman–Crippen LogP) is 3.74. The van der Waals surface area contributed by atoms with Crippen molar-refractivity contribution >= 4 is 28.7 Å². The van der Waals surface area contributed by atoms with Crippen molar-refractivity contribution in [3.8, 4) is 0 Å². The Bertz CT molecular complexity index is 1420. The number of H-pyrrole nitrogens is 1. The molecule has 2 heterocycles. The van der Waals surface area contributed by atoms with Gasteiger partial charge in [-0.3, -0.25) is 14.4 Å². The number of carbonyl (C=O) groups is 2. The summed E-state index contributed by atoms with van der Waals surface area (Å²) in [6.07, 6.45) is 0.818. The van der Waals surface area contributed by atoms with Gasteiger partial charge >= 0.3 is 0 Å². The van der Waals surface area contributed by atoms with Gasteiger partial charge in [0.25, 0.3) is 11.5 Å². The molecule has 33 heavy (non-hydrogen) atoms. The van der Waals surface area contributed by atoms with Gasteiger partial charge in [-0.1, -0.05) is 42.5 Å². The van der Waals surface area contributed by atoms with Crippen LogP contribution in [0.25, 0.3) is 10.8 Å². The lowest BCUT2D eigenvalue weighted by atomic mass is 9.79. The predicted molar refractivity (Wildman–Crippen MR) is 127 cm³/mol. The molecule has 3 aromatic carbocycles. The number of amides is 1. The van der Waals surface area contributed by atoms with Crippen LogP contribution in [0.4, 0.5) is 5.69 Å². The molecule has 7 nitrogen and oxygen atoms in total. The Kier molecular flexibility index (Phi) is 5.01. The molecule has 1 amide bonds. The summed E-state index contributed by atoms with van der Waals surface area (Å²) in [5, 5.41) is 12.1. The molecule has 0 radical (unpaired) electrons. The van der Waals surface area contributed by atoms with Gasteiger partial charge in [0.15, 0.2) is 0 Å². The monoisotopic (exact) mass is 438 g/mol. The number of aromatic nitrogens is 2. The van der Waals surface area contributed by atoms with Crippen LogP contribution in [-0.4, -0.2) is 41.4 Å². The summed E-state index contributed by atoms with van der Waals surface area (Å²) < 4.78 is 0. The molecule has 0 spiro atoms. The van der Waals surface area contributed by atoms with Crippen LogP contribution < -0.4 is 10.9 Å². The summed E-state index contributed by atoms with van der Waals surface area (Å²) in [6, 6.07) is 20.3. The van der Waals surface area contributed by atoms with E-state index >= 15 is 0 Å². The highest BCUT2D eigenvalue weighted by molar-refractivity contribution is 5.97. The number of anilines is 1. The van der Waals surface area contributed by atoms with Gasteiger partial charge in [-0.15, -0.1) is 0 Å². The molecule has 1 aliphatic heterocycles. The van der Waals surface area contributed by atoms with Gasteiger partial charge in [0.1, 0.15) is 6.29 Å². The van der Waals surface area contributed by atoms with Crippen molar-refractivity contribution in [2.45, 2.75) is 12.0 Å². The van der Waals surface area contributed by atoms with Crippen molar-refractivity contribution in [1.82, 2.24) is 15.1 Å². The second-order valence-corrected chi connectivity index (χ2v) is 8.37. The first-order chi connectivity index (χ1) is 16.0. The highest BCUT2D eigenvalue weighted by Crippen LogP contribution is 2.46. The van der Waals surface area contributed by atoms with Gasteiger partial charge in [0, 0.05) is 36.3 Å². The Labute approximate surface area is 190 Å². The van der Waals surface area contributed by atoms with Gasteiger partial charge in [-0.25, -0.2) is 5.10 Å². The van der Waals surface area contributed by atoms with Crippen LogP contribution in [0.2, 0.25) is 0 Å². The molecule has 5 rings (SSSR count). The molecular weight excluding hydrogens is 416 g/mol. The minimum absolute atomic E-state index is 0.0702. The molecular formula is C26H22N4O3. The Morgan fingerprint density at radius 3 is 2.33 bits per heavy atom. The lowest BCUT2D eigenvalue weighted by Crippen LogP contribution is -2.28. The quantitative estimate of drug-likeness (QED) is 0.474. The minimum atomic E-state index is -0.239. The Morgan fingerprint density at radius 1 is 0.970 bits per heavy atom. The fourth-order valence-electron chi connectivity index (χ4n) is 4.50. The molecule has 164 valence electrons. The van der Waals surface area contributed by atoms with E-state index in [2.05, 4.69) is 15.5 Å². The zero-order valence-corrected chi connectivity index (χ0v) is 18.2. The van der Waals surface area contributed by atoms with E-state index in [1.165, 1.54) is 4.90 Å². The number of carbonyl (C=O) groups excluding carboxylic acids is 2. The van der Waals surface area contributed by atoms with E-state index in [0.29, 0.717) is 16.5 Å². The molecule has 0 bridgehead atoms. The number of hydrogen-bond donors (Lipinski definition) is 2. The maximum Gasteiger partial charge on any atom is 0.272 e. The highest BCUT2D eigenvalue weighted by Gasteiger charge is 2.34. The second-order valence-electron chi connectivity index (χ2n) is 8.37. The van der Waals surface area contributed by atoms with Crippen molar-refractivity contribution in [1.29, 1.82) is 0 Å². The number of nitrogens with zero attached hydrogens (tertiary/aromatic N) is 2. The molecule has 1 aliphatic rings. The molecule has 2 atom stereocenters. The fourth-order valence-corrected chi connectivity index (χ4v) is 4.50. The van der Waals surface area contributed by atoms with E-state index in [9.17, 15) is 14.4 Å². The summed E-state index contributed by atoms with van der Waals surface area (Å²) in [5.41, 5.74) is 4.49. The molecule has 0 fully saturated rings. The number of aromatic amines is 1. The third kappa shape index (κ3) is 3.47. The van der Waals surface area contributed by atoms with E-state index < -0.39 is 0 Å². The first-order valence-corrected chi connectivity index (χ1v) is 10.6. The van der Waals surface area contributed by atoms with Crippen molar-refractivity contribution in [3.05, 3.63) is 105 Å². The molecule has 2 unspecified atom stereocenters. The van der Waals surface area contributed by atoms with Crippen LogP contribution in [0.3, 0.4) is 0 Å². The zero-order valence-electron chi connectivity index (χ0n) is 18.2. The molecule has 1 aromatic heterocycles. The second kappa shape index (κ2) is 8.02.